The zero-order valence-electron chi connectivity index (χ0n) is 14.8. The van der Waals surface area contributed by atoms with E-state index in [1.165, 1.54) is 11.3 Å². The molecule has 0 amide bonds. The Morgan fingerprint density at radius 3 is 2.79 bits per heavy atom. The minimum Gasteiger partial charge on any atom is -0.469 e. The Hall–Kier alpha value is -3.03. The summed E-state index contributed by atoms with van der Waals surface area (Å²) in [6.45, 7) is 2.26. The molecule has 6 nitrogen and oxygen atoms in total. The van der Waals surface area contributed by atoms with Crippen LogP contribution in [0.15, 0.2) is 54.6 Å². The van der Waals surface area contributed by atoms with Crippen molar-refractivity contribution >= 4 is 38.8 Å². The zero-order valence-corrected chi connectivity index (χ0v) is 16.4. The first-order chi connectivity index (χ1) is 13.7. The first kappa shape index (κ1) is 17.1. The maximum absolute atomic E-state index is 6.29. The number of ether oxygens (including phenoxy) is 1. The van der Waals surface area contributed by atoms with E-state index in [1.54, 1.807) is 4.52 Å². The predicted molar refractivity (Wildman–Crippen MR) is 110 cm³/mol. The van der Waals surface area contributed by atoms with Crippen LogP contribution in [0.25, 0.3) is 26.4 Å². The van der Waals surface area contributed by atoms with Crippen LogP contribution in [0.5, 0.6) is 5.88 Å². The number of nitrogens with zero attached hydrogens (tertiary/aromatic N) is 5. The Bertz CT molecular complexity index is 1310. The SMILES string of the molecule is Cc1cc(OCc2nnc3sc(-c4ccccc4Cl)nn23)nc2ccccc12. The first-order valence-corrected chi connectivity index (χ1v) is 9.84. The number of pyridine rings is 1. The number of benzene rings is 2. The standard InChI is InChI=1S/C20H14ClN5OS/c1-12-10-18(22-16-9-5-3-6-13(12)16)27-11-17-23-24-20-26(17)25-19(28-20)14-7-2-4-8-15(14)21/h2-10H,11H2,1H3. The second-order valence-corrected chi connectivity index (χ2v) is 7.64. The van der Waals surface area contributed by atoms with Crippen molar-refractivity contribution in [2.24, 2.45) is 0 Å². The number of halogens is 1. The number of aryl methyl sites for hydroxylation is 1. The van der Waals surface area contributed by atoms with Gasteiger partial charge in [-0.05, 0) is 24.6 Å². The van der Waals surface area contributed by atoms with Gasteiger partial charge in [0.2, 0.25) is 10.8 Å². The van der Waals surface area contributed by atoms with Gasteiger partial charge in [-0.1, -0.05) is 59.3 Å². The van der Waals surface area contributed by atoms with E-state index in [0.717, 1.165) is 27.0 Å². The fourth-order valence-electron chi connectivity index (χ4n) is 3.02. The summed E-state index contributed by atoms with van der Waals surface area (Å²) in [5, 5.41) is 15.6. The van der Waals surface area contributed by atoms with Gasteiger partial charge in [0.1, 0.15) is 5.01 Å². The highest BCUT2D eigenvalue weighted by Crippen LogP contribution is 2.31. The molecule has 0 fully saturated rings. The van der Waals surface area contributed by atoms with Gasteiger partial charge in [-0.2, -0.15) is 9.61 Å². The molecule has 0 aliphatic heterocycles. The van der Waals surface area contributed by atoms with Crippen molar-refractivity contribution in [3.63, 3.8) is 0 Å². The number of rotatable bonds is 4. The summed E-state index contributed by atoms with van der Waals surface area (Å²) >= 11 is 7.72. The molecule has 0 bridgehead atoms. The lowest BCUT2D eigenvalue weighted by atomic mass is 10.1. The van der Waals surface area contributed by atoms with Crippen LogP contribution in [0.2, 0.25) is 5.02 Å². The first-order valence-electron chi connectivity index (χ1n) is 8.64. The van der Waals surface area contributed by atoms with Gasteiger partial charge in [0.25, 0.3) is 0 Å². The van der Waals surface area contributed by atoms with Crippen LogP contribution in [0.4, 0.5) is 0 Å². The summed E-state index contributed by atoms with van der Waals surface area (Å²) in [5.74, 6) is 1.16. The molecule has 2 aromatic carbocycles. The predicted octanol–water partition coefficient (Wildman–Crippen LogP) is 4.94. The van der Waals surface area contributed by atoms with Gasteiger partial charge in [-0.3, -0.25) is 0 Å². The van der Waals surface area contributed by atoms with Crippen LogP contribution in [0.1, 0.15) is 11.4 Å². The minimum atomic E-state index is 0.220. The summed E-state index contributed by atoms with van der Waals surface area (Å²) in [7, 11) is 0. The number of para-hydroxylation sites is 1. The van der Waals surface area contributed by atoms with Crippen molar-refractivity contribution in [2.45, 2.75) is 13.5 Å². The third-order valence-electron chi connectivity index (χ3n) is 4.41. The summed E-state index contributed by atoms with van der Waals surface area (Å²) < 4.78 is 7.58. The Labute approximate surface area is 169 Å². The molecule has 0 saturated heterocycles. The molecule has 0 aliphatic carbocycles. The van der Waals surface area contributed by atoms with Crippen LogP contribution in [-0.2, 0) is 6.61 Å². The van der Waals surface area contributed by atoms with Crippen LogP contribution < -0.4 is 4.74 Å². The summed E-state index contributed by atoms with van der Waals surface area (Å²) in [6, 6.07) is 17.5. The maximum atomic E-state index is 6.29. The van der Waals surface area contributed by atoms with Gasteiger partial charge >= 0.3 is 0 Å². The Kier molecular flexibility index (Phi) is 4.18. The topological polar surface area (TPSA) is 65.2 Å². The van der Waals surface area contributed by atoms with E-state index < -0.39 is 0 Å². The van der Waals surface area contributed by atoms with Gasteiger partial charge in [0, 0.05) is 17.0 Å². The second-order valence-electron chi connectivity index (χ2n) is 6.28. The molecule has 5 rings (SSSR count). The number of fused-ring (bicyclic) bond motifs is 2. The average molecular weight is 408 g/mol. The van der Waals surface area contributed by atoms with E-state index in [2.05, 4.69) is 26.3 Å². The van der Waals surface area contributed by atoms with E-state index in [4.69, 9.17) is 16.3 Å². The number of hydrogen-bond acceptors (Lipinski definition) is 6. The Balaban J connectivity index is 1.44. The van der Waals surface area contributed by atoms with Gasteiger partial charge in [0.15, 0.2) is 12.4 Å². The molecule has 8 heteroatoms. The Morgan fingerprint density at radius 2 is 1.89 bits per heavy atom. The lowest BCUT2D eigenvalue weighted by Crippen LogP contribution is -2.03. The fourth-order valence-corrected chi connectivity index (χ4v) is 4.20. The molecule has 3 heterocycles. The van der Waals surface area contributed by atoms with Gasteiger partial charge < -0.3 is 4.74 Å². The third kappa shape index (κ3) is 2.98. The fraction of sp³-hybridized carbons (Fsp3) is 0.100. The molecular formula is C20H14ClN5OS. The molecule has 0 spiro atoms. The lowest BCUT2D eigenvalue weighted by molar-refractivity contribution is 0.282. The smallest absolute Gasteiger partial charge is 0.235 e. The largest absolute Gasteiger partial charge is 0.469 e. The summed E-state index contributed by atoms with van der Waals surface area (Å²) in [5.41, 5.74) is 2.89. The molecule has 0 aliphatic rings. The maximum Gasteiger partial charge on any atom is 0.235 e. The second kappa shape index (κ2) is 6.85. The quantitative estimate of drug-likeness (QED) is 0.422. The normalized spacial score (nSPS) is 11.4. The molecule has 0 saturated carbocycles. The lowest BCUT2D eigenvalue weighted by Gasteiger charge is -2.07. The van der Waals surface area contributed by atoms with Crippen molar-refractivity contribution in [3.8, 4) is 16.5 Å². The summed E-state index contributed by atoms with van der Waals surface area (Å²) in [4.78, 5) is 5.26. The van der Waals surface area contributed by atoms with Crippen molar-refractivity contribution in [1.82, 2.24) is 24.8 Å². The molecule has 28 heavy (non-hydrogen) atoms. The molecular weight excluding hydrogens is 394 g/mol. The number of aromatic nitrogens is 5. The van der Waals surface area contributed by atoms with Crippen molar-refractivity contribution in [2.75, 3.05) is 0 Å². The van der Waals surface area contributed by atoms with E-state index in [0.29, 0.717) is 21.7 Å². The molecule has 0 atom stereocenters. The van der Waals surface area contributed by atoms with Crippen LogP contribution in [0.3, 0.4) is 0 Å². The molecule has 0 unspecified atom stereocenters. The zero-order chi connectivity index (χ0) is 19.1. The highest BCUT2D eigenvalue weighted by atomic mass is 35.5. The van der Waals surface area contributed by atoms with Crippen molar-refractivity contribution in [3.05, 3.63) is 71.0 Å². The molecule has 0 radical (unpaired) electrons. The van der Waals surface area contributed by atoms with E-state index in [-0.39, 0.29) is 6.61 Å². The minimum absolute atomic E-state index is 0.220. The summed E-state index contributed by atoms with van der Waals surface area (Å²) in [6.07, 6.45) is 0. The molecule has 3 aromatic heterocycles. The highest BCUT2D eigenvalue weighted by Gasteiger charge is 2.15. The molecule has 138 valence electrons. The third-order valence-corrected chi connectivity index (χ3v) is 5.67. The van der Waals surface area contributed by atoms with Crippen molar-refractivity contribution in [1.29, 1.82) is 0 Å². The van der Waals surface area contributed by atoms with Gasteiger partial charge in [0.05, 0.1) is 10.5 Å². The van der Waals surface area contributed by atoms with Gasteiger partial charge in [-0.25, -0.2) is 4.98 Å². The van der Waals surface area contributed by atoms with Crippen molar-refractivity contribution < 1.29 is 4.74 Å². The van der Waals surface area contributed by atoms with E-state index in [1.807, 2.05) is 55.5 Å². The number of hydrogen-bond donors (Lipinski definition) is 0. The van der Waals surface area contributed by atoms with Gasteiger partial charge in [-0.15, -0.1) is 10.2 Å². The average Bonchev–Trinajstić information content (AvgIpc) is 3.28. The van der Waals surface area contributed by atoms with E-state index >= 15 is 0 Å². The highest BCUT2D eigenvalue weighted by molar-refractivity contribution is 7.19. The molecule has 0 N–H and O–H groups in total. The van der Waals surface area contributed by atoms with Crippen LogP contribution in [0, 0.1) is 6.92 Å². The van der Waals surface area contributed by atoms with Crippen LogP contribution in [-0.4, -0.2) is 24.8 Å². The molecule has 5 aromatic rings. The Morgan fingerprint density at radius 1 is 1.07 bits per heavy atom. The monoisotopic (exact) mass is 407 g/mol. The van der Waals surface area contributed by atoms with Crippen LogP contribution >= 0.6 is 22.9 Å². The van der Waals surface area contributed by atoms with E-state index in [9.17, 15) is 0 Å².